The van der Waals surface area contributed by atoms with E-state index in [0.29, 0.717) is 36.5 Å². The Labute approximate surface area is 152 Å². The van der Waals surface area contributed by atoms with E-state index in [0.717, 1.165) is 11.1 Å². The molecule has 0 radical (unpaired) electrons. The van der Waals surface area contributed by atoms with Gasteiger partial charge < -0.3 is 5.32 Å². The van der Waals surface area contributed by atoms with E-state index in [4.69, 9.17) is 0 Å². The summed E-state index contributed by atoms with van der Waals surface area (Å²) in [5.74, 6) is 0.100. The van der Waals surface area contributed by atoms with Crippen LogP contribution < -0.4 is 5.32 Å². The molecular formula is C21H20FN3O. The highest BCUT2D eigenvalue weighted by atomic mass is 19.1. The summed E-state index contributed by atoms with van der Waals surface area (Å²) < 4.78 is 13.1. The Kier molecular flexibility index (Phi) is 5.69. The number of aryl methyl sites for hydroxylation is 2. The maximum Gasteiger partial charge on any atom is 0.225 e. The Morgan fingerprint density at radius 2 is 1.81 bits per heavy atom. The number of nitrogens with zero attached hydrogens (tertiary/aromatic N) is 2. The molecule has 3 aromatic rings. The normalized spacial score (nSPS) is 10.5. The molecule has 0 unspecified atom stereocenters. The Bertz CT molecular complexity index is 880. The van der Waals surface area contributed by atoms with Crippen molar-refractivity contribution in [2.45, 2.75) is 26.2 Å². The van der Waals surface area contributed by atoms with Gasteiger partial charge in [0.05, 0.1) is 17.6 Å². The molecule has 0 saturated heterocycles. The van der Waals surface area contributed by atoms with E-state index in [9.17, 15) is 9.18 Å². The molecule has 132 valence electrons. The zero-order chi connectivity index (χ0) is 18.4. The van der Waals surface area contributed by atoms with Crippen LogP contribution in [0.15, 0.2) is 60.8 Å². The van der Waals surface area contributed by atoms with Crippen LogP contribution in [0.25, 0.3) is 11.3 Å². The van der Waals surface area contributed by atoms with Gasteiger partial charge in [-0.15, -0.1) is 0 Å². The van der Waals surface area contributed by atoms with Gasteiger partial charge in [-0.1, -0.05) is 37.3 Å². The molecule has 0 bridgehead atoms. The highest BCUT2D eigenvalue weighted by molar-refractivity contribution is 5.90. The lowest BCUT2D eigenvalue weighted by molar-refractivity contribution is -0.116. The van der Waals surface area contributed by atoms with Crippen molar-refractivity contribution in [2.75, 3.05) is 5.32 Å². The number of hydrogen-bond acceptors (Lipinski definition) is 3. The van der Waals surface area contributed by atoms with Gasteiger partial charge >= 0.3 is 0 Å². The second-order valence-electron chi connectivity index (χ2n) is 5.94. The summed E-state index contributed by atoms with van der Waals surface area (Å²) in [6.45, 7) is 1.96. The predicted octanol–water partition coefficient (Wildman–Crippen LogP) is 4.42. The fraction of sp³-hybridized carbons (Fsp3) is 0.190. The number of rotatable bonds is 6. The topological polar surface area (TPSA) is 54.9 Å². The zero-order valence-electron chi connectivity index (χ0n) is 14.6. The van der Waals surface area contributed by atoms with Crippen LogP contribution in [-0.2, 0) is 17.6 Å². The number of hydrogen-bond donors (Lipinski definition) is 1. The molecule has 1 heterocycles. The van der Waals surface area contributed by atoms with Crippen LogP contribution in [0, 0.1) is 5.82 Å². The molecule has 0 atom stereocenters. The summed E-state index contributed by atoms with van der Waals surface area (Å²) in [5.41, 5.74) is 3.27. The molecule has 0 saturated carbocycles. The van der Waals surface area contributed by atoms with Gasteiger partial charge in [-0.3, -0.25) is 4.79 Å². The van der Waals surface area contributed by atoms with Crippen LogP contribution >= 0.6 is 0 Å². The third kappa shape index (κ3) is 4.51. The summed E-state index contributed by atoms with van der Waals surface area (Å²) >= 11 is 0. The van der Waals surface area contributed by atoms with Crippen LogP contribution in [0.3, 0.4) is 0 Å². The Balaban J connectivity index is 1.69. The van der Waals surface area contributed by atoms with Crippen LogP contribution in [0.2, 0.25) is 0 Å². The van der Waals surface area contributed by atoms with Gasteiger partial charge in [-0.25, -0.2) is 14.4 Å². The third-order valence-electron chi connectivity index (χ3n) is 4.06. The molecule has 0 spiro atoms. The van der Waals surface area contributed by atoms with Crippen molar-refractivity contribution >= 4 is 11.7 Å². The molecule has 1 N–H and O–H groups in total. The SMILES string of the molecule is CCc1nc(-c2ccc(F)cc2)cnc1NC(=O)CCc1ccccc1. The first-order valence-corrected chi connectivity index (χ1v) is 8.61. The molecule has 0 aliphatic carbocycles. The van der Waals surface area contributed by atoms with Gasteiger partial charge in [-0.05, 0) is 42.7 Å². The maximum atomic E-state index is 13.1. The smallest absolute Gasteiger partial charge is 0.225 e. The summed E-state index contributed by atoms with van der Waals surface area (Å²) in [7, 11) is 0. The lowest BCUT2D eigenvalue weighted by Gasteiger charge is -2.10. The largest absolute Gasteiger partial charge is 0.309 e. The quantitative estimate of drug-likeness (QED) is 0.717. The van der Waals surface area contributed by atoms with Crippen molar-refractivity contribution in [3.8, 4) is 11.3 Å². The van der Waals surface area contributed by atoms with Crippen LogP contribution in [0.5, 0.6) is 0 Å². The average molecular weight is 349 g/mol. The summed E-state index contributed by atoms with van der Waals surface area (Å²) in [6.07, 6.45) is 3.29. The zero-order valence-corrected chi connectivity index (χ0v) is 14.6. The molecular weight excluding hydrogens is 329 g/mol. The van der Waals surface area contributed by atoms with Gasteiger partial charge in [0.1, 0.15) is 5.82 Å². The third-order valence-corrected chi connectivity index (χ3v) is 4.06. The summed E-state index contributed by atoms with van der Waals surface area (Å²) in [6, 6.07) is 16.0. The van der Waals surface area contributed by atoms with Crippen LogP contribution in [0.4, 0.5) is 10.2 Å². The van der Waals surface area contributed by atoms with E-state index in [2.05, 4.69) is 15.3 Å². The number of carbonyl (C=O) groups excluding carboxylic acids is 1. The van der Waals surface area contributed by atoms with Crippen LogP contribution in [0.1, 0.15) is 24.6 Å². The minimum absolute atomic E-state index is 0.0904. The van der Waals surface area contributed by atoms with Gasteiger partial charge in [0.2, 0.25) is 5.91 Å². The lowest BCUT2D eigenvalue weighted by atomic mass is 10.1. The van der Waals surface area contributed by atoms with Crippen molar-refractivity contribution in [3.05, 3.63) is 77.9 Å². The number of amides is 1. The van der Waals surface area contributed by atoms with E-state index in [1.807, 2.05) is 37.3 Å². The number of anilines is 1. The number of nitrogens with one attached hydrogen (secondary N) is 1. The van der Waals surface area contributed by atoms with Gasteiger partial charge in [-0.2, -0.15) is 0 Å². The molecule has 1 amide bonds. The first-order chi connectivity index (χ1) is 12.7. The summed E-state index contributed by atoms with van der Waals surface area (Å²) in [5, 5.41) is 2.85. The number of halogens is 1. The van der Waals surface area contributed by atoms with Gasteiger partial charge in [0, 0.05) is 12.0 Å². The highest BCUT2D eigenvalue weighted by Gasteiger charge is 2.11. The number of carbonyl (C=O) groups is 1. The molecule has 4 nitrogen and oxygen atoms in total. The number of aromatic nitrogens is 2. The molecule has 5 heteroatoms. The fourth-order valence-electron chi connectivity index (χ4n) is 2.64. The van der Waals surface area contributed by atoms with E-state index < -0.39 is 0 Å². The van der Waals surface area contributed by atoms with Crippen molar-refractivity contribution in [1.29, 1.82) is 0 Å². The molecule has 0 aliphatic rings. The Morgan fingerprint density at radius 3 is 2.50 bits per heavy atom. The molecule has 3 rings (SSSR count). The second-order valence-corrected chi connectivity index (χ2v) is 5.94. The molecule has 26 heavy (non-hydrogen) atoms. The Morgan fingerprint density at radius 1 is 1.08 bits per heavy atom. The highest BCUT2D eigenvalue weighted by Crippen LogP contribution is 2.20. The van der Waals surface area contributed by atoms with Crippen molar-refractivity contribution in [1.82, 2.24) is 9.97 Å². The van der Waals surface area contributed by atoms with E-state index in [1.54, 1.807) is 18.3 Å². The van der Waals surface area contributed by atoms with Crippen molar-refractivity contribution < 1.29 is 9.18 Å². The van der Waals surface area contributed by atoms with E-state index in [1.165, 1.54) is 12.1 Å². The van der Waals surface area contributed by atoms with E-state index >= 15 is 0 Å². The fourth-order valence-corrected chi connectivity index (χ4v) is 2.64. The van der Waals surface area contributed by atoms with E-state index in [-0.39, 0.29) is 11.7 Å². The lowest BCUT2D eigenvalue weighted by Crippen LogP contribution is -2.15. The first-order valence-electron chi connectivity index (χ1n) is 8.61. The Hall–Kier alpha value is -3.08. The molecule has 2 aromatic carbocycles. The van der Waals surface area contributed by atoms with Gasteiger partial charge in [0.25, 0.3) is 0 Å². The first kappa shape index (κ1) is 17.7. The minimum Gasteiger partial charge on any atom is -0.309 e. The second kappa shape index (κ2) is 8.34. The van der Waals surface area contributed by atoms with Crippen molar-refractivity contribution in [2.24, 2.45) is 0 Å². The predicted molar refractivity (Wildman–Crippen MR) is 100 cm³/mol. The minimum atomic E-state index is -0.292. The monoisotopic (exact) mass is 349 g/mol. The maximum absolute atomic E-state index is 13.1. The van der Waals surface area contributed by atoms with Gasteiger partial charge in [0.15, 0.2) is 5.82 Å². The van der Waals surface area contributed by atoms with Crippen molar-refractivity contribution in [3.63, 3.8) is 0 Å². The molecule has 0 fully saturated rings. The summed E-state index contributed by atoms with van der Waals surface area (Å²) in [4.78, 5) is 21.1. The number of benzene rings is 2. The molecule has 1 aromatic heterocycles. The van der Waals surface area contributed by atoms with Crippen LogP contribution in [-0.4, -0.2) is 15.9 Å². The average Bonchev–Trinajstić information content (AvgIpc) is 2.68. The standard InChI is InChI=1S/C21H20FN3O/c1-2-18-21(25-20(26)13-8-15-6-4-3-5-7-15)23-14-19(24-18)16-9-11-17(22)12-10-16/h3-7,9-12,14H,2,8,13H2,1H3,(H,23,25,26). The molecule has 0 aliphatic heterocycles.